The van der Waals surface area contributed by atoms with Crippen molar-refractivity contribution in [2.24, 2.45) is 0 Å². The summed E-state index contributed by atoms with van der Waals surface area (Å²) in [5.74, 6) is 0.580. The Morgan fingerprint density at radius 2 is 1.37 bits per heavy atom. The predicted octanol–water partition coefficient (Wildman–Crippen LogP) is 5.27. The van der Waals surface area contributed by atoms with Gasteiger partial charge in [0.1, 0.15) is 30.8 Å². The normalized spacial score (nSPS) is 11.2. The number of hydrogen-bond acceptors (Lipinski definition) is 5. The summed E-state index contributed by atoms with van der Waals surface area (Å²) in [6.45, 7) is 0.515. The number of nitrogens with zero attached hydrogens (tertiary/aromatic N) is 1. The van der Waals surface area contributed by atoms with E-state index in [0.717, 1.165) is 11.1 Å². The highest BCUT2D eigenvalue weighted by atomic mass is 16.5. The fourth-order valence-corrected chi connectivity index (χ4v) is 3.32. The van der Waals surface area contributed by atoms with Crippen LogP contribution in [0.2, 0.25) is 0 Å². The number of aromatic nitrogens is 1. The summed E-state index contributed by atoms with van der Waals surface area (Å²) >= 11 is 0. The molecule has 0 aliphatic carbocycles. The molecule has 7 heteroatoms. The molecule has 7 nitrogen and oxygen atoms in total. The number of ether oxygens (including phenoxy) is 2. The lowest BCUT2D eigenvalue weighted by molar-refractivity contribution is -0.118. The maximum atomic E-state index is 13.1. The minimum atomic E-state index is -0.997. The van der Waals surface area contributed by atoms with Crippen LogP contribution in [-0.4, -0.2) is 17.0 Å². The van der Waals surface area contributed by atoms with Crippen LogP contribution in [0.25, 0.3) is 0 Å². The third kappa shape index (κ3) is 7.17. The molecule has 3 aromatic carbocycles. The van der Waals surface area contributed by atoms with E-state index in [1.165, 1.54) is 0 Å². The van der Waals surface area contributed by atoms with Crippen molar-refractivity contribution in [2.45, 2.75) is 19.3 Å². The molecule has 2 N–H and O–H groups in total. The van der Waals surface area contributed by atoms with Crippen LogP contribution in [-0.2, 0) is 22.7 Å². The van der Waals surface area contributed by atoms with Crippen molar-refractivity contribution in [3.63, 3.8) is 0 Å². The molecular formula is C28H25N3O4. The molecular weight excluding hydrogens is 442 g/mol. The molecule has 0 fully saturated rings. The van der Waals surface area contributed by atoms with Gasteiger partial charge in [0.05, 0.1) is 0 Å². The first-order chi connectivity index (χ1) is 17.2. The molecule has 4 rings (SSSR count). The van der Waals surface area contributed by atoms with Gasteiger partial charge < -0.3 is 20.1 Å². The summed E-state index contributed by atoms with van der Waals surface area (Å²) in [4.78, 5) is 29.7. The minimum Gasteiger partial charge on any atom is -0.489 e. The average Bonchev–Trinajstić information content (AvgIpc) is 2.91. The number of pyridine rings is 1. The second-order valence-corrected chi connectivity index (χ2v) is 7.69. The molecule has 0 spiro atoms. The van der Waals surface area contributed by atoms with Gasteiger partial charge in [0.15, 0.2) is 0 Å². The predicted molar refractivity (Wildman–Crippen MR) is 133 cm³/mol. The van der Waals surface area contributed by atoms with Gasteiger partial charge in [-0.05, 0) is 41.0 Å². The lowest BCUT2D eigenvalue weighted by atomic mass is 10.1. The lowest BCUT2D eigenvalue weighted by Crippen LogP contribution is -2.37. The van der Waals surface area contributed by atoms with Crippen molar-refractivity contribution in [3.8, 4) is 5.75 Å². The van der Waals surface area contributed by atoms with Crippen molar-refractivity contribution in [2.75, 3.05) is 5.32 Å². The van der Waals surface area contributed by atoms with Gasteiger partial charge in [-0.25, -0.2) is 9.78 Å². The summed E-state index contributed by atoms with van der Waals surface area (Å²) in [6.07, 6.45) is 0.866. The summed E-state index contributed by atoms with van der Waals surface area (Å²) in [7, 11) is 0. The summed E-state index contributed by atoms with van der Waals surface area (Å²) in [5, 5.41) is 5.39. The van der Waals surface area contributed by atoms with Crippen molar-refractivity contribution in [1.29, 1.82) is 0 Å². The Bertz CT molecular complexity index is 1220. The molecule has 4 aromatic rings. The van der Waals surface area contributed by atoms with Gasteiger partial charge in [0.2, 0.25) is 0 Å². The Kier molecular flexibility index (Phi) is 8.05. The van der Waals surface area contributed by atoms with E-state index in [1.807, 2.05) is 60.7 Å². The maximum Gasteiger partial charge on any atom is 0.408 e. The Hall–Kier alpha value is -4.65. The fraction of sp³-hybridized carbons (Fsp3) is 0.107. The molecule has 0 radical (unpaired) electrons. The van der Waals surface area contributed by atoms with Gasteiger partial charge >= 0.3 is 6.09 Å². The van der Waals surface area contributed by atoms with Crippen LogP contribution in [0.15, 0.2) is 109 Å². The molecule has 0 saturated carbocycles. The van der Waals surface area contributed by atoms with Gasteiger partial charge in [0, 0.05) is 6.20 Å². The number of hydrogen-bond donors (Lipinski definition) is 2. The molecule has 0 bridgehead atoms. The number of carbonyl (C=O) groups excluding carboxylic acids is 2. The molecule has 176 valence electrons. The maximum absolute atomic E-state index is 13.1. The van der Waals surface area contributed by atoms with E-state index in [1.54, 1.807) is 48.7 Å². The van der Waals surface area contributed by atoms with E-state index in [0.29, 0.717) is 23.7 Å². The number of alkyl carbamates (subject to hydrolysis) is 1. The van der Waals surface area contributed by atoms with Crippen LogP contribution in [0.3, 0.4) is 0 Å². The minimum absolute atomic E-state index is 0.0908. The molecule has 1 heterocycles. The summed E-state index contributed by atoms with van der Waals surface area (Å²) < 4.78 is 11.2. The number of anilines is 1. The number of benzene rings is 3. The molecule has 1 atom stereocenters. The first kappa shape index (κ1) is 23.5. The summed E-state index contributed by atoms with van der Waals surface area (Å²) in [6, 6.07) is 30.3. The standard InChI is InChI=1S/C28H25N3O4/c32-27(30-25-13-7-8-18-29-25)26(31-28(33)35-20-22-11-5-2-6-12-22)23-14-16-24(17-15-23)34-19-21-9-3-1-4-10-21/h1-18,26H,19-20H2,(H,31,33)(H,29,30,32)/t26-/m1/s1. The van der Waals surface area contributed by atoms with Crippen LogP contribution >= 0.6 is 0 Å². The van der Waals surface area contributed by atoms with E-state index < -0.39 is 18.0 Å². The van der Waals surface area contributed by atoms with E-state index in [2.05, 4.69) is 15.6 Å². The average molecular weight is 468 g/mol. The molecule has 2 amide bonds. The Labute approximate surface area is 203 Å². The Balaban J connectivity index is 1.44. The number of amides is 2. The third-order valence-corrected chi connectivity index (χ3v) is 5.12. The topological polar surface area (TPSA) is 89.6 Å². The lowest BCUT2D eigenvalue weighted by Gasteiger charge is -2.19. The third-order valence-electron chi connectivity index (χ3n) is 5.12. The van der Waals surface area contributed by atoms with Gasteiger partial charge in [-0.2, -0.15) is 0 Å². The van der Waals surface area contributed by atoms with Gasteiger partial charge in [-0.15, -0.1) is 0 Å². The zero-order valence-electron chi connectivity index (χ0n) is 19.0. The summed E-state index contributed by atoms with van der Waals surface area (Å²) in [5.41, 5.74) is 2.46. The highest BCUT2D eigenvalue weighted by molar-refractivity contribution is 5.96. The number of rotatable bonds is 9. The van der Waals surface area contributed by atoms with Crippen LogP contribution in [0, 0.1) is 0 Å². The SMILES string of the molecule is O=C(N[C@@H](C(=O)Nc1ccccn1)c1ccc(OCc2ccccc2)cc1)OCc1ccccc1. The van der Waals surface area contributed by atoms with E-state index in [-0.39, 0.29) is 6.61 Å². The molecule has 1 aromatic heterocycles. The second kappa shape index (κ2) is 12.0. The van der Waals surface area contributed by atoms with Gasteiger partial charge in [-0.1, -0.05) is 78.9 Å². The zero-order valence-corrected chi connectivity index (χ0v) is 19.0. The fourth-order valence-electron chi connectivity index (χ4n) is 3.32. The molecule has 0 saturated heterocycles. The van der Waals surface area contributed by atoms with Gasteiger partial charge in [-0.3, -0.25) is 4.79 Å². The Morgan fingerprint density at radius 3 is 2.00 bits per heavy atom. The number of nitrogens with one attached hydrogen (secondary N) is 2. The van der Waals surface area contributed by atoms with E-state index in [9.17, 15) is 9.59 Å². The first-order valence-electron chi connectivity index (χ1n) is 11.1. The second-order valence-electron chi connectivity index (χ2n) is 7.69. The van der Waals surface area contributed by atoms with Crippen molar-refractivity contribution in [1.82, 2.24) is 10.3 Å². The van der Waals surface area contributed by atoms with Crippen LogP contribution in [0.5, 0.6) is 5.75 Å². The highest BCUT2D eigenvalue weighted by Gasteiger charge is 2.24. The number of carbonyl (C=O) groups is 2. The molecule has 0 aliphatic rings. The highest BCUT2D eigenvalue weighted by Crippen LogP contribution is 2.21. The molecule has 0 unspecified atom stereocenters. The smallest absolute Gasteiger partial charge is 0.408 e. The zero-order chi connectivity index (χ0) is 24.3. The quantitative estimate of drug-likeness (QED) is 0.350. The van der Waals surface area contributed by atoms with Crippen LogP contribution in [0.4, 0.5) is 10.6 Å². The van der Waals surface area contributed by atoms with Crippen molar-refractivity contribution < 1.29 is 19.1 Å². The van der Waals surface area contributed by atoms with Gasteiger partial charge in [0.25, 0.3) is 5.91 Å². The van der Waals surface area contributed by atoms with Crippen molar-refractivity contribution in [3.05, 3.63) is 126 Å². The first-order valence-corrected chi connectivity index (χ1v) is 11.1. The van der Waals surface area contributed by atoms with E-state index in [4.69, 9.17) is 9.47 Å². The largest absolute Gasteiger partial charge is 0.489 e. The van der Waals surface area contributed by atoms with Crippen LogP contribution < -0.4 is 15.4 Å². The van der Waals surface area contributed by atoms with Crippen molar-refractivity contribution >= 4 is 17.8 Å². The van der Waals surface area contributed by atoms with Crippen LogP contribution in [0.1, 0.15) is 22.7 Å². The molecule has 0 aliphatic heterocycles. The van der Waals surface area contributed by atoms with E-state index >= 15 is 0 Å². The molecule has 35 heavy (non-hydrogen) atoms. The Morgan fingerprint density at radius 1 is 0.743 bits per heavy atom. The monoisotopic (exact) mass is 467 g/mol.